The van der Waals surface area contributed by atoms with E-state index in [1.165, 1.54) is 6.33 Å². The van der Waals surface area contributed by atoms with Crippen LogP contribution in [-0.2, 0) is 7.05 Å². The lowest BCUT2D eigenvalue weighted by Crippen LogP contribution is -1.95. The molecule has 0 fully saturated rings. The van der Waals surface area contributed by atoms with Crippen LogP contribution in [0.15, 0.2) is 60.9 Å². The van der Waals surface area contributed by atoms with Gasteiger partial charge in [0.2, 0.25) is 0 Å². The summed E-state index contributed by atoms with van der Waals surface area (Å²) in [5.74, 6) is 0.692. The first kappa shape index (κ1) is 14.3. The molecule has 0 aliphatic heterocycles. The predicted molar refractivity (Wildman–Crippen MR) is 95.5 cm³/mol. The SMILES string of the molecule is Cn1c(-c2ccc(O)cc2)c(-c2ccccc2)c2c(N)ncnc21. The van der Waals surface area contributed by atoms with E-state index in [2.05, 4.69) is 9.97 Å². The van der Waals surface area contributed by atoms with Gasteiger partial charge in [0.25, 0.3) is 0 Å². The molecule has 5 heteroatoms. The second kappa shape index (κ2) is 5.38. The lowest BCUT2D eigenvalue weighted by molar-refractivity contribution is 0.475. The number of anilines is 1. The largest absolute Gasteiger partial charge is 0.508 e. The monoisotopic (exact) mass is 316 g/mol. The Morgan fingerprint density at radius 1 is 0.917 bits per heavy atom. The molecule has 5 nitrogen and oxygen atoms in total. The summed E-state index contributed by atoms with van der Waals surface area (Å²) in [4.78, 5) is 8.58. The highest BCUT2D eigenvalue weighted by atomic mass is 16.3. The Morgan fingerprint density at radius 2 is 1.62 bits per heavy atom. The highest BCUT2D eigenvalue weighted by Gasteiger charge is 2.21. The van der Waals surface area contributed by atoms with Gasteiger partial charge in [0, 0.05) is 12.6 Å². The third-order valence-electron chi connectivity index (χ3n) is 4.20. The highest BCUT2D eigenvalue weighted by molar-refractivity contribution is 6.07. The fourth-order valence-corrected chi connectivity index (χ4v) is 3.12. The molecule has 2 heterocycles. The average Bonchev–Trinajstić information content (AvgIpc) is 2.91. The minimum absolute atomic E-state index is 0.234. The molecule has 4 rings (SSSR count). The minimum atomic E-state index is 0.234. The summed E-state index contributed by atoms with van der Waals surface area (Å²) in [5.41, 5.74) is 11.0. The van der Waals surface area contributed by atoms with Crippen molar-refractivity contribution in [1.29, 1.82) is 0 Å². The van der Waals surface area contributed by atoms with Crippen molar-refractivity contribution in [1.82, 2.24) is 14.5 Å². The molecule has 2 aromatic heterocycles. The Labute approximate surface area is 139 Å². The second-order valence-corrected chi connectivity index (χ2v) is 5.65. The van der Waals surface area contributed by atoms with Gasteiger partial charge in [-0.25, -0.2) is 9.97 Å². The van der Waals surface area contributed by atoms with Crippen LogP contribution in [0.25, 0.3) is 33.4 Å². The first-order valence-electron chi connectivity index (χ1n) is 7.60. The van der Waals surface area contributed by atoms with Gasteiger partial charge >= 0.3 is 0 Å². The van der Waals surface area contributed by atoms with E-state index in [1.54, 1.807) is 12.1 Å². The number of phenols is 1. The third kappa shape index (κ3) is 2.10. The number of nitrogens with zero attached hydrogens (tertiary/aromatic N) is 3. The third-order valence-corrected chi connectivity index (χ3v) is 4.20. The van der Waals surface area contributed by atoms with Gasteiger partial charge < -0.3 is 15.4 Å². The van der Waals surface area contributed by atoms with E-state index >= 15 is 0 Å². The van der Waals surface area contributed by atoms with Crippen LogP contribution in [0.2, 0.25) is 0 Å². The summed E-state index contributed by atoms with van der Waals surface area (Å²) in [5, 5.41) is 10.4. The van der Waals surface area contributed by atoms with Gasteiger partial charge in [-0.1, -0.05) is 30.3 Å². The van der Waals surface area contributed by atoms with Gasteiger partial charge in [0.05, 0.1) is 11.1 Å². The number of rotatable bonds is 2. The molecular formula is C19H16N4O. The number of aryl methyl sites for hydroxylation is 1. The van der Waals surface area contributed by atoms with E-state index in [4.69, 9.17) is 5.73 Å². The van der Waals surface area contributed by atoms with Crippen LogP contribution in [0.5, 0.6) is 5.75 Å². The van der Waals surface area contributed by atoms with Crippen LogP contribution in [0.1, 0.15) is 0 Å². The van der Waals surface area contributed by atoms with Crippen molar-refractivity contribution in [3.05, 3.63) is 60.9 Å². The molecule has 0 aliphatic rings. The number of aromatic hydroxyl groups is 1. The molecule has 0 amide bonds. The zero-order chi connectivity index (χ0) is 16.7. The number of hydrogen-bond acceptors (Lipinski definition) is 4. The molecule has 0 atom stereocenters. The van der Waals surface area contributed by atoms with Crippen LogP contribution in [0.3, 0.4) is 0 Å². The first-order valence-corrected chi connectivity index (χ1v) is 7.60. The molecule has 0 bridgehead atoms. The van der Waals surface area contributed by atoms with E-state index < -0.39 is 0 Å². The first-order chi connectivity index (χ1) is 11.7. The number of nitrogen functional groups attached to an aromatic ring is 1. The Bertz CT molecular complexity index is 1020. The van der Waals surface area contributed by atoms with Crippen molar-refractivity contribution < 1.29 is 5.11 Å². The molecule has 0 saturated heterocycles. The minimum Gasteiger partial charge on any atom is -0.508 e. The number of benzene rings is 2. The van der Waals surface area contributed by atoms with Crippen LogP contribution < -0.4 is 5.73 Å². The molecule has 2 aromatic carbocycles. The molecule has 0 spiro atoms. The van der Waals surface area contributed by atoms with E-state index in [1.807, 2.05) is 54.1 Å². The Kier molecular flexibility index (Phi) is 3.20. The standard InChI is InChI=1S/C19H16N4O/c1-23-17(13-7-9-14(24)10-8-13)15(12-5-3-2-4-6-12)16-18(20)21-11-22-19(16)23/h2-11,24H,1H3,(H2,20,21,22). The van der Waals surface area contributed by atoms with Gasteiger partial charge in [-0.15, -0.1) is 0 Å². The van der Waals surface area contributed by atoms with Crippen molar-refractivity contribution in [2.75, 3.05) is 5.73 Å². The number of phenolic OH excluding ortho intramolecular Hbond substituents is 1. The number of hydrogen-bond donors (Lipinski definition) is 2. The normalized spacial score (nSPS) is 11.0. The predicted octanol–water partition coefficient (Wildman–Crippen LogP) is 3.59. The van der Waals surface area contributed by atoms with Crippen molar-refractivity contribution in [2.24, 2.45) is 7.05 Å². The Hall–Kier alpha value is -3.34. The summed E-state index contributed by atoms with van der Waals surface area (Å²) in [7, 11) is 1.96. The topological polar surface area (TPSA) is 77.0 Å². The highest BCUT2D eigenvalue weighted by Crippen LogP contribution is 2.41. The molecule has 0 aliphatic carbocycles. The summed E-state index contributed by atoms with van der Waals surface area (Å²) >= 11 is 0. The summed E-state index contributed by atoms with van der Waals surface area (Å²) in [6.45, 7) is 0. The van der Waals surface area contributed by atoms with Gasteiger partial charge in [-0.3, -0.25) is 0 Å². The van der Waals surface area contributed by atoms with E-state index in [0.29, 0.717) is 5.82 Å². The number of nitrogens with two attached hydrogens (primary N) is 1. The smallest absolute Gasteiger partial charge is 0.146 e. The molecule has 24 heavy (non-hydrogen) atoms. The summed E-state index contributed by atoms with van der Waals surface area (Å²) in [6, 6.07) is 17.2. The average molecular weight is 316 g/mol. The van der Waals surface area contributed by atoms with Crippen LogP contribution >= 0.6 is 0 Å². The van der Waals surface area contributed by atoms with Gasteiger partial charge in [-0.2, -0.15) is 0 Å². The number of aromatic nitrogens is 3. The second-order valence-electron chi connectivity index (χ2n) is 5.65. The Balaban J connectivity index is 2.14. The molecule has 4 aromatic rings. The summed E-state index contributed by atoms with van der Waals surface area (Å²) in [6.07, 6.45) is 1.48. The van der Waals surface area contributed by atoms with Crippen LogP contribution in [0, 0.1) is 0 Å². The van der Waals surface area contributed by atoms with Crippen molar-refractivity contribution >= 4 is 16.9 Å². The van der Waals surface area contributed by atoms with E-state index in [0.717, 1.165) is 33.4 Å². The van der Waals surface area contributed by atoms with Crippen molar-refractivity contribution in [3.63, 3.8) is 0 Å². The molecule has 0 saturated carbocycles. The molecule has 3 N–H and O–H groups in total. The maximum Gasteiger partial charge on any atom is 0.146 e. The molecule has 0 radical (unpaired) electrons. The van der Waals surface area contributed by atoms with Gasteiger partial charge in [0.1, 0.15) is 23.5 Å². The maximum atomic E-state index is 9.59. The van der Waals surface area contributed by atoms with E-state index in [-0.39, 0.29) is 5.75 Å². The van der Waals surface area contributed by atoms with Crippen LogP contribution in [-0.4, -0.2) is 19.6 Å². The molecule has 118 valence electrons. The Morgan fingerprint density at radius 3 is 2.33 bits per heavy atom. The zero-order valence-corrected chi connectivity index (χ0v) is 13.1. The van der Waals surface area contributed by atoms with Crippen LogP contribution in [0.4, 0.5) is 5.82 Å². The van der Waals surface area contributed by atoms with Gasteiger partial charge in [0.15, 0.2) is 0 Å². The van der Waals surface area contributed by atoms with Gasteiger partial charge in [-0.05, 0) is 35.4 Å². The molecular weight excluding hydrogens is 300 g/mol. The van der Waals surface area contributed by atoms with Crippen molar-refractivity contribution in [2.45, 2.75) is 0 Å². The quantitative estimate of drug-likeness (QED) is 0.592. The fourth-order valence-electron chi connectivity index (χ4n) is 3.12. The maximum absolute atomic E-state index is 9.59. The summed E-state index contributed by atoms with van der Waals surface area (Å²) < 4.78 is 2.02. The van der Waals surface area contributed by atoms with E-state index in [9.17, 15) is 5.11 Å². The fraction of sp³-hybridized carbons (Fsp3) is 0.0526. The van der Waals surface area contributed by atoms with Crippen molar-refractivity contribution in [3.8, 4) is 28.1 Å². The number of fused-ring (bicyclic) bond motifs is 1. The molecule has 0 unspecified atom stereocenters. The lowest BCUT2D eigenvalue weighted by atomic mass is 9.99. The lowest BCUT2D eigenvalue weighted by Gasteiger charge is -2.09. The zero-order valence-electron chi connectivity index (χ0n) is 13.1.